The number of methoxy groups -OCH3 is 1. The molecule has 1 N–H and O–H groups in total. The number of fused-ring (bicyclic) bond motifs is 1. The van der Waals surface area contributed by atoms with Gasteiger partial charge >= 0.3 is 0 Å². The van der Waals surface area contributed by atoms with Gasteiger partial charge in [-0.25, -0.2) is 9.97 Å². The van der Waals surface area contributed by atoms with E-state index < -0.39 is 0 Å². The molecular formula is C29H31N7O2. The summed E-state index contributed by atoms with van der Waals surface area (Å²) in [5.74, 6) is 1.40. The van der Waals surface area contributed by atoms with Crippen molar-refractivity contribution in [3.8, 4) is 5.75 Å². The molecular weight excluding hydrogens is 478 g/mol. The highest BCUT2D eigenvalue weighted by molar-refractivity contribution is 6.09. The number of allylic oxidation sites excluding steroid dienone is 1. The number of rotatable bonds is 6. The average molecular weight is 510 g/mol. The van der Waals surface area contributed by atoms with Gasteiger partial charge in [-0.05, 0) is 18.5 Å². The van der Waals surface area contributed by atoms with E-state index in [1.165, 1.54) is 0 Å². The second-order valence-electron chi connectivity index (χ2n) is 9.34. The minimum Gasteiger partial charge on any atom is -0.497 e. The molecule has 1 aliphatic heterocycles. The van der Waals surface area contributed by atoms with Crippen LogP contribution in [0.1, 0.15) is 16.3 Å². The lowest BCUT2D eigenvalue weighted by molar-refractivity contribution is 0.102. The van der Waals surface area contributed by atoms with Crippen molar-refractivity contribution in [2.75, 3.05) is 50.6 Å². The van der Waals surface area contributed by atoms with Crippen molar-refractivity contribution >= 4 is 40.3 Å². The Labute approximate surface area is 221 Å². The van der Waals surface area contributed by atoms with Gasteiger partial charge in [0.25, 0.3) is 5.91 Å². The number of ether oxygens (including phenoxy) is 1. The molecule has 0 aliphatic carbocycles. The summed E-state index contributed by atoms with van der Waals surface area (Å²) in [4.78, 5) is 27.7. The van der Waals surface area contributed by atoms with Crippen LogP contribution < -0.4 is 25.5 Å². The molecule has 1 amide bonds. The lowest BCUT2D eigenvalue weighted by Gasteiger charge is -2.33. The Morgan fingerprint density at radius 3 is 2.53 bits per heavy atom. The van der Waals surface area contributed by atoms with Crippen LogP contribution in [-0.4, -0.2) is 70.9 Å². The molecule has 0 atom stereocenters. The van der Waals surface area contributed by atoms with Gasteiger partial charge in [0.1, 0.15) is 17.3 Å². The van der Waals surface area contributed by atoms with Gasteiger partial charge in [-0.1, -0.05) is 43.5 Å². The first-order valence-electron chi connectivity index (χ1n) is 12.4. The summed E-state index contributed by atoms with van der Waals surface area (Å²) in [6.45, 7) is 11.5. The highest BCUT2D eigenvalue weighted by atomic mass is 16.5. The molecule has 1 saturated heterocycles. The summed E-state index contributed by atoms with van der Waals surface area (Å²) in [5.41, 5.74) is 1.56. The van der Waals surface area contributed by atoms with E-state index in [4.69, 9.17) is 14.7 Å². The van der Waals surface area contributed by atoms with Crippen LogP contribution in [0.3, 0.4) is 0 Å². The SMILES string of the molecule is C=C/C(c1nc(C(=O)Nc2cc(OC)cc3ccccc23)cc(N2CCN(C)CC2)n1)=c1\c(=C)cnn1C. The molecule has 0 unspecified atom stereocenters. The molecule has 9 heteroatoms. The van der Waals surface area contributed by atoms with E-state index in [0.717, 1.165) is 47.5 Å². The number of amides is 1. The summed E-state index contributed by atoms with van der Waals surface area (Å²) >= 11 is 0. The minimum absolute atomic E-state index is 0.253. The summed E-state index contributed by atoms with van der Waals surface area (Å²) in [6.07, 6.45) is 3.37. The highest BCUT2D eigenvalue weighted by Gasteiger charge is 2.21. The second-order valence-corrected chi connectivity index (χ2v) is 9.34. The molecule has 2 aromatic carbocycles. The van der Waals surface area contributed by atoms with E-state index in [1.807, 2.05) is 43.4 Å². The first kappa shape index (κ1) is 25.2. The van der Waals surface area contributed by atoms with Crippen LogP contribution in [0.15, 0.2) is 61.3 Å². The topological polar surface area (TPSA) is 88.4 Å². The van der Waals surface area contributed by atoms with Gasteiger partial charge in [0.15, 0.2) is 5.82 Å². The van der Waals surface area contributed by atoms with Crippen LogP contribution in [0.2, 0.25) is 0 Å². The Morgan fingerprint density at radius 2 is 1.84 bits per heavy atom. The lowest BCUT2D eigenvalue weighted by Crippen LogP contribution is -2.45. The standard InChI is InChI=1S/C29H31N7O2/c1-6-22(27-19(2)18-30-35(27)4)28-31-25(17-26(33-28)36-13-11-34(3)12-14-36)29(37)32-24-16-21(38-5)15-20-9-7-8-10-23(20)24/h6-10,15-18H,1-2,11-14H2,3-5H3,(H,32,37)/b27-22-. The first-order valence-corrected chi connectivity index (χ1v) is 12.4. The summed E-state index contributed by atoms with van der Waals surface area (Å²) < 4.78 is 7.19. The van der Waals surface area contributed by atoms with Gasteiger partial charge in [0, 0.05) is 61.5 Å². The molecule has 4 aromatic rings. The van der Waals surface area contributed by atoms with Crippen LogP contribution in [0.5, 0.6) is 5.75 Å². The quantitative estimate of drug-likeness (QED) is 0.426. The Morgan fingerprint density at radius 1 is 1.08 bits per heavy atom. The number of benzene rings is 2. The Kier molecular flexibility index (Phi) is 6.93. The lowest BCUT2D eigenvalue weighted by atomic mass is 10.1. The number of hydrogen-bond acceptors (Lipinski definition) is 7. The van der Waals surface area contributed by atoms with Gasteiger partial charge in [0.2, 0.25) is 0 Å². The maximum absolute atomic E-state index is 13.7. The zero-order chi connectivity index (χ0) is 26.8. The largest absolute Gasteiger partial charge is 0.497 e. The predicted molar refractivity (Wildman–Crippen MR) is 151 cm³/mol. The number of hydrogen-bond donors (Lipinski definition) is 1. The Bertz CT molecular complexity index is 1630. The zero-order valence-electron chi connectivity index (χ0n) is 21.9. The number of anilines is 2. The fourth-order valence-electron chi connectivity index (χ4n) is 4.68. The van der Waals surface area contributed by atoms with E-state index in [-0.39, 0.29) is 11.6 Å². The Hall–Kier alpha value is -4.50. The zero-order valence-corrected chi connectivity index (χ0v) is 21.9. The van der Waals surface area contributed by atoms with Crippen molar-refractivity contribution in [3.05, 3.63) is 83.4 Å². The van der Waals surface area contributed by atoms with Crippen molar-refractivity contribution in [1.82, 2.24) is 24.6 Å². The molecule has 9 nitrogen and oxygen atoms in total. The van der Waals surface area contributed by atoms with Crippen LogP contribution in [0.25, 0.3) is 22.9 Å². The maximum atomic E-state index is 13.7. The molecule has 5 rings (SSSR count). The number of nitrogens with zero attached hydrogens (tertiary/aromatic N) is 6. The summed E-state index contributed by atoms with van der Waals surface area (Å²) in [6, 6.07) is 13.3. The molecule has 194 valence electrons. The van der Waals surface area contributed by atoms with E-state index >= 15 is 0 Å². The van der Waals surface area contributed by atoms with Crippen molar-refractivity contribution in [1.29, 1.82) is 0 Å². The average Bonchev–Trinajstić information content (AvgIpc) is 3.26. The molecule has 0 radical (unpaired) electrons. The normalized spacial score (nSPS) is 14.9. The van der Waals surface area contributed by atoms with E-state index in [1.54, 1.807) is 30.1 Å². The van der Waals surface area contributed by atoms with Gasteiger partial charge in [-0.15, -0.1) is 0 Å². The van der Waals surface area contributed by atoms with Gasteiger partial charge in [-0.3, -0.25) is 9.48 Å². The van der Waals surface area contributed by atoms with E-state index in [2.05, 4.69) is 40.4 Å². The van der Waals surface area contributed by atoms with Crippen molar-refractivity contribution in [2.24, 2.45) is 7.05 Å². The minimum atomic E-state index is -0.342. The van der Waals surface area contributed by atoms with E-state index in [9.17, 15) is 4.79 Å². The summed E-state index contributed by atoms with van der Waals surface area (Å²) in [7, 11) is 5.54. The van der Waals surface area contributed by atoms with Crippen molar-refractivity contribution < 1.29 is 9.53 Å². The predicted octanol–water partition coefficient (Wildman–Crippen LogP) is 2.17. The van der Waals surface area contributed by atoms with Crippen LogP contribution >= 0.6 is 0 Å². The monoisotopic (exact) mass is 509 g/mol. The molecule has 2 aromatic heterocycles. The number of aryl methyl sites for hydroxylation is 1. The number of likely N-dealkylation sites (N-methyl/N-ethyl adjacent to an activating group) is 1. The third kappa shape index (κ3) is 4.88. The number of piperazine rings is 1. The number of aromatic nitrogens is 4. The molecule has 0 bridgehead atoms. The summed E-state index contributed by atoms with van der Waals surface area (Å²) in [5, 5.41) is 10.7. The molecule has 1 fully saturated rings. The molecule has 3 heterocycles. The fraction of sp³-hybridized carbons (Fsp3) is 0.241. The van der Waals surface area contributed by atoms with Crippen LogP contribution in [0, 0.1) is 0 Å². The van der Waals surface area contributed by atoms with Gasteiger partial charge in [0.05, 0.1) is 24.3 Å². The van der Waals surface area contributed by atoms with Crippen LogP contribution in [-0.2, 0) is 7.05 Å². The van der Waals surface area contributed by atoms with Crippen molar-refractivity contribution in [3.63, 3.8) is 0 Å². The van der Waals surface area contributed by atoms with E-state index in [0.29, 0.717) is 28.7 Å². The van der Waals surface area contributed by atoms with Gasteiger partial charge in [-0.2, -0.15) is 5.10 Å². The molecule has 0 saturated carbocycles. The number of carbonyl (C=O) groups is 1. The first-order chi connectivity index (χ1) is 18.4. The number of carbonyl (C=O) groups excluding carboxylic acids is 1. The third-order valence-electron chi connectivity index (χ3n) is 6.81. The molecule has 38 heavy (non-hydrogen) atoms. The molecule has 0 spiro atoms. The van der Waals surface area contributed by atoms with Crippen LogP contribution in [0.4, 0.5) is 11.5 Å². The second kappa shape index (κ2) is 10.5. The smallest absolute Gasteiger partial charge is 0.274 e. The maximum Gasteiger partial charge on any atom is 0.274 e. The third-order valence-corrected chi connectivity index (χ3v) is 6.81. The number of nitrogens with one attached hydrogen (secondary N) is 1. The molecule has 1 aliphatic rings. The van der Waals surface area contributed by atoms with Gasteiger partial charge < -0.3 is 19.9 Å². The fourth-order valence-corrected chi connectivity index (χ4v) is 4.68. The Balaban J connectivity index is 1.63. The highest BCUT2D eigenvalue weighted by Crippen LogP contribution is 2.30. The van der Waals surface area contributed by atoms with Crippen molar-refractivity contribution in [2.45, 2.75) is 0 Å².